The molecule has 0 spiro atoms. The lowest BCUT2D eigenvalue weighted by Crippen LogP contribution is -1.99. The maximum absolute atomic E-state index is 11.4. The van der Waals surface area contributed by atoms with Gasteiger partial charge in [0.05, 0.1) is 0 Å². The molecule has 1 atom stereocenters. The molecule has 0 saturated carbocycles. The minimum atomic E-state index is -1.35. The Morgan fingerprint density at radius 2 is 2.00 bits per heavy atom. The van der Waals surface area contributed by atoms with E-state index in [0.717, 1.165) is 5.30 Å². The summed E-state index contributed by atoms with van der Waals surface area (Å²) in [6, 6.07) is 9.39. The summed E-state index contributed by atoms with van der Waals surface area (Å²) < 4.78 is 16.5. The Morgan fingerprint density at radius 1 is 1.33 bits per heavy atom. The van der Waals surface area contributed by atoms with E-state index in [1.54, 1.807) is 0 Å². The van der Waals surface area contributed by atoms with Crippen LogP contribution in [0.25, 0.3) is 0 Å². The molecule has 1 aromatic carbocycles. The maximum atomic E-state index is 11.4. The van der Waals surface area contributed by atoms with Crippen LogP contribution in [-0.4, -0.2) is 13.0 Å². The third-order valence-electron chi connectivity index (χ3n) is 1.46. The van der Waals surface area contributed by atoms with Crippen LogP contribution in [0.4, 0.5) is 0 Å². The number of hydrogen-bond acceptors (Lipinski definition) is 2. The number of rotatable bonds is 4. The molecule has 64 valence electrons. The van der Waals surface area contributed by atoms with Gasteiger partial charge in [0, 0.05) is 6.61 Å². The molecular weight excluding hydrogens is 171 g/mol. The summed E-state index contributed by atoms with van der Waals surface area (Å²) >= 11 is 0. The monoisotopic (exact) mass is 183 g/mol. The summed E-state index contributed by atoms with van der Waals surface area (Å²) in [5.41, 5.74) is 0. The molecule has 1 rings (SSSR count). The van der Waals surface area contributed by atoms with Crippen molar-refractivity contribution in [1.29, 1.82) is 0 Å². The Morgan fingerprint density at radius 3 is 2.58 bits per heavy atom. The lowest BCUT2D eigenvalue weighted by atomic mass is 10.4. The summed E-state index contributed by atoms with van der Waals surface area (Å²) in [5, 5.41) is 0.862. The molecule has 0 fully saturated rings. The Bertz CT molecular complexity index is 246. The Balaban J connectivity index is 2.54. The molecular formula is C9H12O2P+. The first-order chi connectivity index (χ1) is 5.84. The number of hydrogen-bond donors (Lipinski definition) is 0. The molecule has 2 nitrogen and oxygen atoms in total. The molecule has 12 heavy (non-hydrogen) atoms. The van der Waals surface area contributed by atoms with Gasteiger partial charge in [-0.15, -0.1) is 0 Å². The lowest BCUT2D eigenvalue weighted by molar-refractivity contribution is 0.194. The molecule has 0 aliphatic rings. The Kier molecular flexibility index (Phi) is 3.92. The van der Waals surface area contributed by atoms with Crippen molar-refractivity contribution >= 4 is 13.1 Å². The van der Waals surface area contributed by atoms with E-state index in [9.17, 15) is 4.57 Å². The van der Waals surface area contributed by atoms with Crippen molar-refractivity contribution in [3.63, 3.8) is 0 Å². The lowest BCUT2D eigenvalue weighted by Gasteiger charge is -1.89. The largest absolute Gasteiger partial charge is 0.405 e. The first-order valence-electron chi connectivity index (χ1n) is 3.92. The van der Waals surface area contributed by atoms with Crippen molar-refractivity contribution in [2.75, 3.05) is 13.0 Å². The predicted octanol–water partition coefficient (Wildman–Crippen LogP) is 2.13. The van der Waals surface area contributed by atoms with E-state index in [1.807, 2.05) is 37.3 Å². The van der Waals surface area contributed by atoms with Crippen LogP contribution >= 0.6 is 7.80 Å². The average Bonchev–Trinajstić information content (AvgIpc) is 2.15. The third kappa shape index (κ3) is 2.72. The fourth-order valence-electron chi connectivity index (χ4n) is 0.843. The van der Waals surface area contributed by atoms with Crippen molar-refractivity contribution in [3.8, 4) is 0 Å². The van der Waals surface area contributed by atoms with Gasteiger partial charge in [-0.05, 0) is 19.1 Å². The quantitative estimate of drug-likeness (QED) is 0.668. The molecule has 0 bridgehead atoms. The molecule has 1 unspecified atom stereocenters. The van der Waals surface area contributed by atoms with Gasteiger partial charge in [0.15, 0.2) is 5.30 Å². The van der Waals surface area contributed by atoms with Crippen molar-refractivity contribution in [2.24, 2.45) is 0 Å². The van der Waals surface area contributed by atoms with Crippen LogP contribution in [0.1, 0.15) is 6.92 Å². The van der Waals surface area contributed by atoms with Gasteiger partial charge < -0.3 is 4.74 Å². The molecule has 3 heteroatoms. The van der Waals surface area contributed by atoms with E-state index < -0.39 is 7.80 Å². The van der Waals surface area contributed by atoms with Gasteiger partial charge in [-0.2, -0.15) is 0 Å². The zero-order valence-corrected chi connectivity index (χ0v) is 7.96. The van der Waals surface area contributed by atoms with Crippen LogP contribution in [-0.2, 0) is 9.30 Å². The SMILES string of the molecule is CCOC[P+](=O)c1ccccc1. The topological polar surface area (TPSA) is 26.3 Å². The molecule has 0 aliphatic carbocycles. The second-order valence-electron chi connectivity index (χ2n) is 2.34. The summed E-state index contributed by atoms with van der Waals surface area (Å²) in [7, 11) is -1.35. The molecule has 0 heterocycles. The smallest absolute Gasteiger partial charge is 0.337 e. The van der Waals surface area contributed by atoms with Crippen LogP contribution in [0.2, 0.25) is 0 Å². The molecule has 0 aromatic heterocycles. The third-order valence-corrected chi connectivity index (χ3v) is 2.75. The van der Waals surface area contributed by atoms with Crippen molar-refractivity contribution < 1.29 is 9.30 Å². The summed E-state index contributed by atoms with van der Waals surface area (Å²) in [4.78, 5) is 0. The molecule has 0 N–H and O–H groups in total. The minimum Gasteiger partial charge on any atom is -0.337 e. The first-order valence-corrected chi connectivity index (χ1v) is 5.36. The fourth-order valence-corrected chi connectivity index (χ4v) is 1.85. The average molecular weight is 183 g/mol. The van der Waals surface area contributed by atoms with Crippen molar-refractivity contribution in [3.05, 3.63) is 30.3 Å². The highest BCUT2D eigenvalue weighted by atomic mass is 31.1. The van der Waals surface area contributed by atoms with E-state index >= 15 is 0 Å². The number of benzene rings is 1. The molecule has 0 amide bonds. The Labute approximate surface area is 73.3 Å². The Hall–Kier alpha value is -0.720. The zero-order chi connectivity index (χ0) is 8.81. The normalized spacial score (nSPS) is 11.2. The first kappa shape index (κ1) is 9.37. The maximum Gasteiger partial charge on any atom is 0.405 e. The van der Waals surface area contributed by atoms with Crippen LogP contribution in [0.5, 0.6) is 0 Å². The molecule has 1 aromatic rings. The van der Waals surface area contributed by atoms with Gasteiger partial charge in [0.25, 0.3) is 6.35 Å². The predicted molar refractivity (Wildman–Crippen MR) is 50.2 cm³/mol. The minimum absolute atomic E-state index is 0.329. The van der Waals surface area contributed by atoms with Gasteiger partial charge in [0.2, 0.25) is 0 Å². The number of ether oxygens (including phenoxy) is 1. The van der Waals surface area contributed by atoms with Gasteiger partial charge >= 0.3 is 7.80 Å². The fraction of sp³-hybridized carbons (Fsp3) is 0.333. The van der Waals surface area contributed by atoms with Crippen LogP contribution < -0.4 is 5.30 Å². The highest BCUT2D eigenvalue weighted by Crippen LogP contribution is 2.18. The van der Waals surface area contributed by atoms with Crippen LogP contribution in [0.15, 0.2) is 30.3 Å². The van der Waals surface area contributed by atoms with Crippen molar-refractivity contribution in [1.82, 2.24) is 0 Å². The van der Waals surface area contributed by atoms with Gasteiger partial charge in [0.1, 0.15) is 0 Å². The van der Waals surface area contributed by atoms with Gasteiger partial charge in [-0.1, -0.05) is 22.8 Å². The van der Waals surface area contributed by atoms with Crippen LogP contribution in [0, 0.1) is 0 Å². The highest BCUT2D eigenvalue weighted by Gasteiger charge is 2.17. The zero-order valence-electron chi connectivity index (χ0n) is 7.06. The summed E-state index contributed by atoms with van der Waals surface area (Å²) in [6.07, 6.45) is 0.329. The highest BCUT2D eigenvalue weighted by molar-refractivity contribution is 7.53. The van der Waals surface area contributed by atoms with E-state index in [4.69, 9.17) is 4.74 Å². The van der Waals surface area contributed by atoms with E-state index in [0.29, 0.717) is 13.0 Å². The standard InChI is InChI=1S/C9H12O2P/c1-2-11-8-12(10)9-6-4-3-5-7-9/h3-7H,2,8H2,1H3/q+1. The second-order valence-corrected chi connectivity index (χ2v) is 3.87. The molecule has 0 saturated heterocycles. The molecule has 0 aliphatic heterocycles. The molecule has 0 radical (unpaired) electrons. The van der Waals surface area contributed by atoms with E-state index in [2.05, 4.69) is 0 Å². The summed E-state index contributed by atoms with van der Waals surface area (Å²) in [6.45, 7) is 2.52. The van der Waals surface area contributed by atoms with Gasteiger partial charge in [-0.25, -0.2) is 0 Å². The van der Waals surface area contributed by atoms with Gasteiger partial charge in [-0.3, -0.25) is 0 Å². The van der Waals surface area contributed by atoms with E-state index in [1.165, 1.54) is 0 Å². The second kappa shape index (κ2) is 5.02. The van der Waals surface area contributed by atoms with E-state index in [-0.39, 0.29) is 0 Å². The van der Waals surface area contributed by atoms with Crippen molar-refractivity contribution in [2.45, 2.75) is 6.92 Å². The summed E-state index contributed by atoms with van der Waals surface area (Å²) in [5.74, 6) is 0. The van der Waals surface area contributed by atoms with Crippen LogP contribution in [0.3, 0.4) is 0 Å².